The van der Waals surface area contributed by atoms with Crippen molar-refractivity contribution in [3.63, 3.8) is 0 Å². The van der Waals surface area contributed by atoms with E-state index in [-0.39, 0.29) is 36.2 Å². The standard InChI is InChI=1S/C31H50O5S.Na/c1-26(13-7-14-28(3)17-9-18-30(5)21-24-36-37(32,33)34)11-6-12-27(2)15-8-16-29(4)19-10-20-31-22-23-35-25-31;/h11,14-15,19,22-23,25,30H,6-10,12-13,16-18,20-21,24H2,1-5H3,(H,32,33,34);/q;+1/p-1/b26-11+,27-15+,28-14+,29-19+;. The fourth-order valence-corrected chi connectivity index (χ4v) is 4.49. The second kappa shape index (κ2) is 21.9. The number of hydrogen-bond acceptors (Lipinski definition) is 5. The van der Waals surface area contributed by atoms with Crippen LogP contribution in [0.5, 0.6) is 0 Å². The zero-order valence-corrected chi connectivity index (χ0v) is 27.6. The third-order valence-corrected chi connectivity index (χ3v) is 7.16. The third-order valence-electron chi connectivity index (χ3n) is 6.71. The molecule has 0 bridgehead atoms. The van der Waals surface area contributed by atoms with Gasteiger partial charge in [0.1, 0.15) is 0 Å². The normalized spacial score (nSPS) is 14.5. The summed E-state index contributed by atoms with van der Waals surface area (Å²) in [5, 5.41) is 0. The molecule has 0 aromatic carbocycles. The topological polar surface area (TPSA) is 79.6 Å². The summed E-state index contributed by atoms with van der Waals surface area (Å²) in [6, 6.07) is 2.03. The van der Waals surface area contributed by atoms with E-state index in [9.17, 15) is 13.0 Å². The van der Waals surface area contributed by atoms with E-state index in [4.69, 9.17) is 4.42 Å². The van der Waals surface area contributed by atoms with Crippen molar-refractivity contribution in [3.05, 3.63) is 70.8 Å². The smallest absolute Gasteiger partial charge is 0.726 e. The predicted molar refractivity (Wildman–Crippen MR) is 153 cm³/mol. The summed E-state index contributed by atoms with van der Waals surface area (Å²) in [5.74, 6) is 0.343. The Labute approximate surface area is 255 Å². The number of furan rings is 1. The molecule has 0 amide bonds. The monoisotopic (exact) mass is 556 g/mol. The van der Waals surface area contributed by atoms with Crippen LogP contribution in [0.4, 0.5) is 0 Å². The maximum absolute atomic E-state index is 10.5. The molecule has 0 aliphatic carbocycles. The SMILES string of the molecule is C/C(=C\CC/C(C)=C/CCc1ccoc1)CC/C=C(\C)CC/C=C(\C)CCCC(C)CCOS(=O)(=O)[O-].[Na+]. The van der Waals surface area contributed by atoms with E-state index >= 15 is 0 Å². The summed E-state index contributed by atoms with van der Waals surface area (Å²) < 4.78 is 40.8. The van der Waals surface area contributed by atoms with E-state index in [0.29, 0.717) is 12.3 Å². The summed E-state index contributed by atoms with van der Waals surface area (Å²) >= 11 is 0. The predicted octanol–water partition coefficient (Wildman–Crippen LogP) is 6.02. The second-order valence-electron chi connectivity index (χ2n) is 10.5. The summed E-state index contributed by atoms with van der Waals surface area (Å²) in [4.78, 5) is 0. The van der Waals surface area contributed by atoms with Crippen LogP contribution in [-0.2, 0) is 21.0 Å². The molecule has 0 radical (unpaired) electrons. The van der Waals surface area contributed by atoms with Gasteiger partial charge >= 0.3 is 29.6 Å². The number of aryl methyl sites for hydroxylation is 1. The Morgan fingerprint density at radius 2 is 1.37 bits per heavy atom. The van der Waals surface area contributed by atoms with Gasteiger partial charge in [-0.15, -0.1) is 0 Å². The maximum atomic E-state index is 10.5. The Morgan fingerprint density at radius 3 is 1.84 bits per heavy atom. The molecule has 7 heteroatoms. The van der Waals surface area contributed by atoms with Gasteiger partial charge in [0.2, 0.25) is 10.4 Å². The minimum absolute atomic E-state index is 0. The van der Waals surface area contributed by atoms with Crippen LogP contribution < -0.4 is 29.6 Å². The first-order valence-corrected chi connectivity index (χ1v) is 15.1. The van der Waals surface area contributed by atoms with Crippen LogP contribution in [0.1, 0.15) is 111 Å². The van der Waals surface area contributed by atoms with Gasteiger partial charge in [0.05, 0.1) is 19.1 Å². The van der Waals surface area contributed by atoms with Crippen molar-refractivity contribution in [3.8, 4) is 0 Å². The molecule has 0 saturated carbocycles. The largest absolute Gasteiger partial charge is 1.00 e. The Morgan fingerprint density at radius 1 is 0.868 bits per heavy atom. The van der Waals surface area contributed by atoms with Crippen molar-refractivity contribution in [2.24, 2.45) is 5.92 Å². The first-order valence-electron chi connectivity index (χ1n) is 13.8. The molecule has 5 nitrogen and oxygen atoms in total. The van der Waals surface area contributed by atoms with Gasteiger partial charge in [-0.3, -0.25) is 4.18 Å². The van der Waals surface area contributed by atoms with Gasteiger partial charge in [0.15, 0.2) is 0 Å². The van der Waals surface area contributed by atoms with Gasteiger partial charge < -0.3 is 8.97 Å². The molecule has 0 saturated heterocycles. The van der Waals surface area contributed by atoms with E-state index in [1.165, 1.54) is 27.9 Å². The van der Waals surface area contributed by atoms with Crippen LogP contribution >= 0.6 is 0 Å². The van der Waals surface area contributed by atoms with Crippen LogP contribution in [0.15, 0.2) is 69.6 Å². The minimum Gasteiger partial charge on any atom is -0.726 e. The van der Waals surface area contributed by atoms with E-state index in [2.05, 4.69) is 63.1 Å². The molecule has 1 aromatic rings. The quantitative estimate of drug-likeness (QED) is 0.0850. The average Bonchev–Trinajstić information content (AvgIpc) is 3.32. The summed E-state index contributed by atoms with van der Waals surface area (Å²) in [6.07, 6.45) is 25.5. The van der Waals surface area contributed by atoms with E-state index < -0.39 is 10.4 Å². The van der Waals surface area contributed by atoms with Gasteiger partial charge in [-0.2, -0.15) is 0 Å². The summed E-state index contributed by atoms with van der Waals surface area (Å²) in [7, 11) is -4.57. The zero-order valence-electron chi connectivity index (χ0n) is 24.8. The average molecular weight is 557 g/mol. The molecule has 0 spiro atoms. The molecule has 38 heavy (non-hydrogen) atoms. The fourth-order valence-electron chi connectivity index (χ4n) is 4.19. The van der Waals surface area contributed by atoms with Crippen LogP contribution in [0.2, 0.25) is 0 Å². The van der Waals surface area contributed by atoms with E-state index in [0.717, 1.165) is 70.6 Å². The Bertz CT molecular complexity index is 972. The minimum atomic E-state index is -4.57. The molecule has 1 heterocycles. The third kappa shape index (κ3) is 22.0. The molecular formula is C31H49NaO5S. The van der Waals surface area contributed by atoms with Crippen molar-refractivity contribution in [1.82, 2.24) is 0 Å². The summed E-state index contributed by atoms with van der Waals surface area (Å²) in [5.41, 5.74) is 7.06. The number of rotatable bonds is 20. The van der Waals surface area contributed by atoms with Gasteiger partial charge in [-0.25, -0.2) is 8.42 Å². The van der Waals surface area contributed by atoms with Crippen molar-refractivity contribution >= 4 is 10.4 Å². The molecule has 1 rings (SSSR count). The van der Waals surface area contributed by atoms with Gasteiger partial charge in [-0.1, -0.05) is 59.9 Å². The molecule has 1 atom stereocenters. The molecule has 0 aliphatic rings. The molecular weight excluding hydrogens is 507 g/mol. The molecule has 0 fully saturated rings. The van der Waals surface area contributed by atoms with Crippen LogP contribution in [-0.4, -0.2) is 19.6 Å². The Kier molecular flexibility index (Phi) is 21.4. The van der Waals surface area contributed by atoms with Crippen molar-refractivity contribution in [1.29, 1.82) is 0 Å². The molecule has 0 N–H and O–H groups in total. The van der Waals surface area contributed by atoms with Crippen molar-refractivity contribution in [2.45, 2.75) is 112 Å². The first kappa shape index (κ1) is 37.1. The van der Waals surface area contributed by atoms with Crippen molar-refractivity contribution in [2.75, 3.05) is 6.61 Å². The van der Waals surface area contributed by atoms with Crippen LogP contribution in [0.25, 0.3) is 0 Å². The van der Waals surface area contributed by atoms with Crippen molar-refractivity contribution < 1.29 is 51.1 Å². The number of allylic oxidation sites excluding steroid dienone is 8. The number of hydrogen-bond donors (Lipinski definition) is 0. The van der Waals surface area contributed by atoms with Gasteiger partial charge in [0.25, 0.3) is 0 Å². The maximum Gasteiger partial charge on any atom is 1.00 e. The molecule has 1 unspecified atom stereocenters. The first-order chi connectivity index (χ1) is 17.5. The Balaban J connectivity index is 0.0000137. The Hall–Kier alpha value is -0.890. The zero-order chi connectivity index (χ0) is 27.5. The second-order valence-corrected chi connectivity index (χ2v) is 11.6. The van der Waals surface area contributed by atoms with Crippen LogP contribution in [0.3, 0.4) is 0 Å². The molecule has 1 aromatic heterocycles. The van der Waals surface area contributed by atoms with E-state index in [1.54, 1.807) is 6.26 Å². The van der Waals surface area contributed by atoms with Gasteiger partial charge in [-0.05, 0) is 116 Å². The van der Waals surface area contributed by atoms with Gasteiger partial charge in [0, 0.05) is 0 Å². The summed E-state index contributed by atoms with van der Waals surface area (Å²) in [6.45, 7) is 10.9. The fraction of sp³-hybridized carbons (Fsp3) is 0.613. The molecule has 210 valence electrons. The van der Waals surface area contributed by atoms with E-state index in [1.807, 2.05) is 12.3 Å². The van der Waals surface area contributed by atoms with Crippen LogP contribution in [0, 0.1) is 5.92 Å². The molecule has 0 aliphatic heterocycles.